The maximum absolute atomic E-state index is 5.76. The zero-order chi connectivity index (χ0) is 18.9. The summed E-state index contributed by atoms with van der Waals surface area (Å²) in [4.78, 5) is 8.90. The third-order valence-corrected chi connectivity index (χ3v) is 4.31. The van der Waals surface area contributed by atoms with E-state index in [0.29, 0.717) is 6.61 Å². The van der Waals surface area contributed by atoms with Crippen LogP contribution in [0.1, 0.15) is 23.6 Å². The number of aromatic nitrogens is 1. The van der Waals surface area contributed by atoms with Crippen LogP contribution in [-0.2, 0) is 13.1 Å². The number of nitrogens with zero attached hydrogens (tertiary/aromatic N) is 3. The first-order valence-electron chi connectivity index (χ1n) is 9.09. The van der Waals surface area contributed by atoms with Crippen molar-refractivity contribution in [2.24, 2.45) is 0 Å². The largest absolute Gasteiger partial charge is 0.493 e. The summed E-state index contributed by atoms with van der Waals surface area (Å²) in [5, 5.41) is 0. The molecular weight excluding hydrogens is 326 g/mol. The summed E-state index contributed by atoms with van der Waals surface area (Å²) in [6, 6.07) is 8.30. The second kappa shape index (κ2) is 10.1. The van der Waals surface area contributed by atoms with Crippen molar-refractivity contribution in [3.8, 4) is 11.5 Å². The molecule has 1 heterocycles. The summed E-state index contributed by atoms with van der Waals surface area (Å²) >= 11 is 0. The second-order valence-electron chi connectivity index (χ2n) is 6.74. The van der Waals surface area contributed by atoms with Crippen molar-refractivity contribution in [2.45, 2.75) is 26.9 Å². The molecule has 0 aliphatic carbocycles. The van der Waals surface area contributed by atoms with Crippen LogP contribution in [-0.4, -0.2) is 55.7 Å². The molecule has 5 heteroatoms. The Hall–Kier alpha value is -2.11. The van der Waals surface area contributed by atoms with E-state index in [9.17, 15) is 0 Å². The van der Waals surface area contributed by atoms with E-state index < -0.39 is 0 Å². The Bertz CT molecular complexity index is 674. The van der Waals surface area contributed by atoms with Gasteiger partial charge in [-0.05, 0) is 62.8 Å². The first-order chi connectivity index (χ1) is 12.5. The number of hydrogen-bond donors (Lipinski definition) is 0. The summed E-state index contributed by atoms with van der Waals surface area (Å²) in [5.41, 5.74) is 3.70. The predicted molar refractivity (Wildman–Crippen MR) is 106 cm³/mol. The molecule has 5 nitrogen and oxygen atoms in total. The van der Waals surface area contributed by atoms with Gasteiger partial charge >= 0.3 is 0 Å². The van der Waals surface area contributed by atoms with Crippen LogP contribution in [0.15, 0.2) is 36.7 Å². The lowest BCUT2D eigenvalue weighted by Crippen LogP contribution is -2.31. The van der Waals surface area contributed by atoms with Gasteiger partial charge in [-0.1, -0.05) is 6.07 Å². The second-order valence-corrected chi connectivity index (χ2v) is 6.74. The van der Waals surface area contributed by atoms with Crippen molar-refractivity contribution in [1.29, 1.82) is 0 Å². The van der Waals surface area contributed by atoms with Crippen LogP contribution in [0.2, 0.25) is 0 Å². The average Bonchev–Trinajstić information content (AvgIpc) is 2.63. The van der Waals surface area contributed by atoms with Gasteiger partial charge in [0.2, 0.25) is 0 Å². The lowest BCUT2D eigenvalue weighted by Gasteiger charge is -2.25. The standard InChI is InChI=1S/C21H31N3O2/c1-6-26-21-13-19(17(2)12-20(21)25-5)16-24(11-10-23(3)4)15-18-8-7-9-22-14-18/h7-9,12-14H,6,10-11,15-16H2,1-5H3. The molecule has 0 radical (unpaired) electrons. The first-order valence-corrected chi connectivity index (χ1v) is 9.09. The van der Waals surface area contributed by atoms with Gasteiger partial charge in [-0.25, -0.2) is 0 Å². The quantitative estimate of drug-likeness (QED) is 0.652. The molecule has 1 aromatic heterocycles. The Morgan fingerprint density at radius 1 is 1.08 bits per heavy atom. The number of methoxy groups -OCH3 is 1. The molecule has 2 aromatic rings. The van der Waals surface area contributed by atoms with Crippen LogP contribution in [0.4, 0.5) is 0 Å². The third kappa shape index (κ3) is 6.00. The monoisotopic (exact) mass is 357 g/mol. The van der Waals surface area contributed by atoms with Gasteiger partial charge in [0.05, 0.1) is 13.7 Å². The van der Waals surface area contributed by atoms with Crippen molar-refractivity contribution in [1.82, 2.24) is 14.8 Å². The van der Waals surface area contributed by atoms with Crippen molar-refractivity contribution in [2.75, 3.05) is 40.9 Å². The highest BCUT2D eigenvalue weighted by atomic mass is 16.5. The lowest BCUT2D eigenvalue weighted by molar-refractivity contribution is 0.225. The molecule has 26 heavy (non-hydrogen) atoms. The van der Waals surface area contributed by atoms with Crippen LogP contribution in [0.3, 0.4) is 0 Å². The molecule has 0 unspecified atom stereocenters. The minimum atomic E-state index is 0.624. The number of rotatable bonds is 10. The smallest absolute Gasteiger partial charge is 0.161 e. The van der Waals surface area contributed by atoms with Crippen molar-refractivity contribution in [3.63, 3.8) is 0 Å². The number of aryl methyl sites for hydroxylation is 1. The fourth-order valence-electron chi connectivity index (χ4n) is 2.85. The first kappa shape index (κ1) is 20.2. The maximum atomic E-state index is 5.76. The maximum Gasteiger partial charge on any atom is 0.161 e. The topological polar surface area (TPSA) is 37.8 Å². The van der Waals surface area contributed by atoms with Gasteiger partial charge in [0, 0.05) is 38.6 Å². The molecule has 0 saturated carbocycles. The lowest BCUT2D eigenvalue weighted by atomic mass is 10.1. The molecule has 0 aliphatic heterocycles. The molecule has 1 aromatic carbocycles. The van der Waals surface area contributed by atoms with Crippen LogP contribution in [0.5, 0.6) is 11.5 Å². The normalized spacial score (nSPS) is 11.2. The van der Waals surface area contributed by atoms with Crippen molar-refractivity contribution < 1.29 is 9.47 Å². The highest BCUT2D eigenvalue weighted by Gasteiger charge is 2.13. The molecule has 0 saturated heterocycles. The highest BCUT2D eigenvalue weighted by molar-refractivity contribution is 5.47. The van der Waals surface area contributed by atoms with Crippen LogP contribution >= 0.6 is 0 Å². The number of benzene rings is 1. The highest BCUT2D eigenvalue weighted by Crippen LogP contribution is 2.31. The molecule has 0 N–H and O–H groups in total. The van der Waals surface area contributed by atoms with Gasteiger partial charge in [-0.15, -0.1) is 0 Å². The zero-order valence-corrected chi connectivity index (χ0v) is 16.7. The van der Waals surface area contributed by atoms with Crippen molar-refractivity contribution in [3.05, 3.63) is 53.3 Å². The fraction of sp³-hybridized carbons (Fsp3) is 0.476. The van der Waals surface area contributed by atoms with Crippen LogP contribution in [0.25, 0.3) is 0 Å². The van der Waals surface area contributed by atoms with Gasteiger partial charge in [0.15, 0.2) is 11.5 Å². The number of pyridine rings is 1. The van der Waals surface area contributed by atoms with Gasteiger partial charge in [0.1, 0.15) is 0 Å². The zero-order valence-electron chi connectivity index (χ0n) is 16.7. The van der Waals surface area contributed by atoms with Gasteiger partial charge < -0.3 is 14.4 Å². The Morgan fingerprint density at radius 2 is 1.88 bits per heavy atom. The number of ether oxygens (including phenoxy) is 2. The predicted octanol–water partition coefficient (Wildman–Crippen LogP) is 3.36. The molecule has 0 amide bonds. The average molecular weight is 357 g/mol. The molecule has 0 aliphatic rings. The Morgan fingerprint density at radius 3 is 2.50 bits per heavy atom. The van der Waals surface area contributed by atoms with Crippen LogP contribution < -0.4 is 9.47 Å². The van der Waals surface area contributed by atoms with Gasteiger partial charge in [0.25, 0.3) is 0 Å². The molecule has 0 bridgehead atoms. The van der Waals surface area contributed by atoms with E-state index in [1.807, 2.05) is 25.4 Å². The number of likely N-dealkylation sites (N-methyl/N-ethyl adjacent to an activating group) is 1. The summed E-state index contributed by atoms with van der Waals surface area (Å²) in [6.45, 7) is 8.46. The van der Waals surface area contributed by atoms with Gasteiger partial charge in [-0.3, -0.25) is 9.88 Å². The Labute approximate surface area is 157 Å². The van der Waals surface area contributed by atoms with Crippen LogP contribution in [0, 0.1) is 6.92 Å². The van der Waals surface area contributed by atoms with E-state index >= 15 is 0 Å². The fourth-order valence-corrected chi connectivity index (χ4v) is 2.85. The van der Waals surface area contributed by atoms with E-state index in [2.05, 4.69) is 54.0 Å². The van der Waals surface area contributed by atoms with E-state index in [1.165, 1.54) is 16.7 Å². The molecule has 0 spiro atoms. The van der Waals surface area contributed by atoms with E-state index in [0.717, 1.165) is 37.7 Å². The molecule has 0 fully saturated rings. The summed E-state index contributed by atoms with van der Waals surface area (Å²) in [5.74, 6) is 1.60. The SMILES string of the molecule is CCOc1cc(CN(CCN(C)C)Cc2cccnc2)c(C)cc1OC. The summed E-state index contributed by atoms with van der Waals surface area (Å²) in [7, 11) is 5.89. The third-order valence-electron chi connectivity index (χ3n) is 4.31. The Balaban J connectivity index is 2.21. The van der Waals surface area contributed by atoms with Gasteiger partial charge in [-0.2, -0.15) is 0 Å². The molecule has 0 atom stereocenters. The molecule has 142 valence electrons. The summed E-state index contributed by atoms with van der Waals surface area (Å²) < 4.78 is 11.2. The minimum absolute atomic E-state index is 0.624. The van der Waals surface area contributed by atoms with E-state index in [4.69, 9.17) is 9.47 Å². The molecular formula is C21H31N3O2. The van der Waals surface area contributed by atoms with Crippen molar-refractivity contribution >= 4 is 0 Å². The number of hydrogen-bond acceptors (Lipinski definition) is 5. The minimum Gasteiger partial charge on any atom is -0.493 e. The Kier molecular flexibility index (Phi) is 7.88. The summed E-state index contributed by atoms with van der Waals surface area (Å²) in [6.07, 6.45) is 3.75. The molecule has 2 rings (SSSR count). The van der Waals surface area contributed by atoms with E-state index in [1.54, 1.807) is 7.11 Å². The van der Waals surface area contributed by atoms with E-state index in [-0.39, 0.29) is 0 Å².